The first kappa shape index (κ1) is 48.7. The summed E-state index contributed by atoms with van der Waals surface area (Å²) in [5, 5.41) is 15.1. The number of hydrogen-bond donors (Lipinski definition) is 6. The van der Waals surface area contributed by atoms with Gasteiger partial charge in [-0.3, -0.25) is 29.4 Å². The first-order valence-electron chi connectivity index (χ1n) is 15.0. The SMILES string of the molecule is NC(N)=NCCCN1C(=O)N(CCCN=C(N)N)C(=O)C(Cc2ccc(Br)c(Cl)c2)(Cc2ccc(Br)c(Cl)c2)C1=O.O=C(O)C(F)(F)F.O=C(O)C(F)(F)F. The lowest BCUT2D eigenvalue weighted by Gasteiger charge is -2.44. The van der Waals surface area contributed by atoms with Gasteiger partial charge in [0, 0.05) is 35.1 Å². The topological polar surface area (TPSA) is 261 Å². The highest BCUT2D eigenvalue weighted by atomic mass is 79.9. The second kappa shape index (κ2) is 21.1. The lowest BCUT2D eigenvalue weighted by Crippen LogP contribution is -2.66. The molecule has 0 saturated carbocycles. The number of rotatable bonds is 12. The number of carbonyl (C=O) groups excluding carboxylic acids is 3. The fourth-order valence-corrected chi connectivity index (χ4v) is 5.46. The Bertz CT molecular complexity index is 1670. The number of hydrogen-bond acceptors (Lipinski definition) is 7. The standard InChI is InChI=1S/C26H30Br2Cl2N8O3.2C2HF3O2/c27-17-5-3-15(11-19(17)29)13-26(14-16-4-6-18(28)20(30)12-16)21(39)37(9-1-7-35-23(31)32)25(41)38(22(26)40)10-2-8-36-24(33)34;2*3-2(4,5)1(6)7/h3-6,11-12H,1-2,7-10,13-14H2,(H4,31,32,35)(H4,33,34,36);2*(H,6,7). The molecular formula is C30H32Br2Cl2F6N8O7. The van der Waals surface area contributed by atoms with Crippen molar-refractivity contribution in [3.05, 3.63) is 66.5 Å². The molecule has 25 heteroatoms. The number of amides is 4. The average molecular weight is 961 g/mol. The van der Waals surface area contributed by atoms with Crippen molar-refractivity contribution in [1.82, 2.24) is 9.80 Å². The smallest absolute Gasteiger partial charge is 0.475 e. The van der Waals surface area contributed by atoms with E-state index < -0.39 is 47.6 Å². The Hall–Kier alpha value is -4.35. The van der Waals surface area contributed by atoms with Crippen LogP contribution < -0.4 is 22.9 Å². The molecule has 1 aliphatic rings. The molecule has 0 bridgehead atoms. The van der Waals surface area contributed by atoms with Gasteiger partial charge in [0.1, 0.15) is 5.41 Å². The Morgan fingerprint density at radius 3 is 1.25 bits per heavy atom. The van der Waals surface area contributed by atoms with Crippen LogP contribution in [0.15, 0.2) is 55.3 Å². The number of barbiturate groups is 1. The molecule has 304 valence electrons. The third-order valence-electron chi connectivity index (χ3n) is 6.90. The maximum atomic E-state index is 14.3. The van der Waals surface area contributed by atoms with E-state index in [1.165, 1.54) is 0 Å². The number of aliphatic imine (C=N–C) groups is 2. The molecule has 55 heavy (non-hydrogen) atoms. The molecule has 0 unspecified atom stereocenters. The van der Waals surface area contributed by atoms with E-state index in [0.717, 1.165) is 9.80 Å². The summed E-state index contributed by atoms with van der Waals surface area (Å²) >= 11 is 19.5. The zero-order chi connectivity index (χ0) is 42.5. The van der Waals surface area contributed by atoms with Crippen molar-refractivity contribution in [1.29, 1.82) is 0 Å². The molecule has 4 amide bonds. The molecule has 0 atom stereocenters. The minimum atomic E-state index is -5.08. The van der Waals surface area contributed by atoms with Gasteiger partial charge in [-0.05, 0) is 92.9 Å². The molecule has 1 saturated heterocycles. The van der Waals surface area contributed by atoms with Gasteiger partial charge in [0.25, 0.3) is 0 Å². The Balaban J connectivity index is 0.000000913. The van der Waals surface area contributed by atoms with Gasteiger partial charge in [0.2, 0.25) is 11.8 Å². The molecular weight excluding hydrogens is 929 g/mol. The molecule has 10 N–H and O–H groups in total. The molecule has 0 aromatic heterocycles. The van der Waals surface area contributed by atoms with Crippen molar-refractivity contribution in [3.63, 3.8) is 0 Å². The highest BCUT2D eigenvalue weighted by molar-refractivity contribution is 9.10. The number of nitrogens with zero attached hydrogens (tertiary/aromatic N) is 4. The maximum Gasteiger partial charge on any atom is 0.490 e. The Labute approximate surface area is 334 Å². The minimum absolute atomic E-state index is 0.00390. The van der Waals surface area contributed by atoms with Gasteiger partial charge in [-0.15, -0.1) is 0 Å². The van der Waals surface area contributed by atoms with Crippen molar-refractivity contribution in [3.8, 4) is 0 Å². The van der Waals surface area contributed by atoms with Gasteiger partial charge in [0.15, 0.2) is 11.9 Å². The third-order valence-corrected chi connectivity index (χ3v) is 9.37. The van der Waals surface area contributed by atoms with E-state index in [1.54, 1.807) is 36.4 Å². The third kappa shape index (κ3) is 15.4. The molecule has 1 fully saturated rings. The van der Waals surface area contributed by atoms with Crippen LogP contribution in [0.3, 0.4) is 0 Å². The predicted molar refractivity (Wildman–Crippen MR) is 195 cm³/mol. The van der Waals surface area contributed by atoms with E-state index in [9.17, 15) is 40.7 Å². The van der Waals surface area contributed by atoms with Gasteiger partial charge in [-0.1, -0.05) is 35.3 Å². The summed E-state index contributed by atoms with van der Waals surface area (Å²) in [6.07, 6.45) is -9.63. The van der Waals surface area contributed by atoms with Gasteiger partial charge < -0.3 is 33.1 Å². The molecule has 0 aliphatic carbocycles. The number of carboxylic acids is 2. The van der Waals surface area contributed by atoms with E-state index in [0.29, 0.717) is 30.1 Å². The van der Waals surface area contributed by atoms with Gasteiger partial charge in [0.05, 0.1) is 10.0 Å². The highest BCUT2D eigenvalue weighted by Gasteiger charge is 2.57. The summed E-state index contributed by atoms with van der Waals surface area (Å²) in [6, 6.07) is 9.67. The number of carbonyl (C=O) groups is 5. The van der Waals surface area contributed by atoms with E-state index in [4.69, 9.17) is 65.9 Å². The molecule has 1 aliphatic heterocycles. The molecule has 0 spiro atoms. The zero-order valence-corrected chi connectivity index (χ0v) is 32.6. The van der Waals surface area contributed by atoms with E-state index in [1.807, 2.05) is 0 Å². The van der Waals surface area contributed by atoms with E-state index >= 15 is 0 Å². The Morgan fingerprint density at radius 1 is 0.691 bits per heavy atom. The number of benzene rings is 2. The number of urea groups is 1. The van der Waals surface area contributed by atoms with Crippen molar-refractivity contribution in [2.75, 3.05) is 26.2 Å². The number of guanidine groups is 2. The number of halogens is 10. The van der Waals surface area contributed by atoms with Crippen LogP contribution in [-0.2, 0) is 32.0 Å². The first-order chi connectivity index (χ1) is 25.2. The van der Waals surface area contributed by atoms with Crippen molar-refractivity contribution in [2.45, 2.75) is 38.0 Å². The minimum Gasteiger partial charge on any atom is -0.475 e. The zero-order valence-electron chi connectivity index (χ0n) is 27.9. The van der Waals surface area contributed by atoms with Crippen LogP contribution in [0.5, 0.6) is 0 Å². The lowest BCUT2D eigenvalue weighted by molar-refractivity contribution is -0.193. The van der Waals surface area contributed by atoms with Gasteiger partial charge in [-0.25, -0.2) is 14.4 Å². The largest absolute Gasteiger partial charge is 0.490 e. The predicted octanol–water partition coefficient (Wildman–Crippen LogP) is 4.67. The van der Waals surface area contributed by atoms with E-state index in [2.05, 4.69) is 41.8 Å². The number of nitrogens with two attached hydrogens (primary N) is 4. The van der Waals surface area contributed by atoms with Crippen LogP contribution in [0.1, 0.15) is 24.0 Å². The number of imide groups is 2. The summed E-state index contributed by atoms with van der Waals surface area (Å²) in [5.74, 6) is -6.98. The highest BCUT2D eigenvalue weighted by Crippen LogP contribution is 2.39. The second-order valence-corrected chi connectivity index (χ2v) is 13.6. The van der Waals surface area contributed by atoms with Gasteiger partial charge >= 0.3 is 30.3 Å². The Morgan fingerprint density at radius 2 is 1.00 bits per heavy atom. The molecule has 0 radical (unpaired) electrons. The summed E-state index contributed by atoms with van der Waals surface area (Å²) in [6.45, 7) is 0.372. The Kier molecular flexibility index (Phi) is 18.7. The van der Waals surface area contributed by atoms with Crippen molar-refractivity contribution >= 4 is 96.8 Å². The van der Waals surface area contributed by atoms with Crippen LogP contribution in [0.4, 0.5) is 31.1 Å². The summed E-state index contributed by atoms with van der Waals surface area (Å²) in [4.78, 5) is 70.0. The molecule has 15 nitrogen and oxygen atoms in total. The fourth-order valence-electron chi connectivity index (χ4n) is 4.56. The van der Waals surface area contributed by atoms with Crippen LogP contribution in [-0.4, -0.2) is 100 Å². The number of alkyl halides is 6. The number of carboxylic acid groups (broad SMARTS) is 2. The molecule has 1 heterocycles. The quantitative estimate of drug-likeness (QED) is 0.0560. The van der Waals surface area contributed by atoms with Crippen LogP contribution in [0, 0.1) is 5.41 Å². The molecule has 2 aromatic rings. The van der Waals surface area contributed by atoms with Gasteiger partial charge in [-0.2, -0.15) is 26.3 Å². The average Bonchev–Trinajstić information content (AvgIpc) is 3.06. The summed E-state index contributed by atoms with van der Waals surface area (Å²) < 4.78 is 64.8. The lowest BCUT2D eigenvalue weighted by atomic mass is 9.72. The summed E-state index contributed by atoms with van der Waals surface area (Å²) in [7, 11) is 0. The number of aliphatic carboxylic acids is 2. The fraction of sp³-hybridized carbons (Fsp3) is 0.367. The molecule has 3 rings (SSSR count). The van der Waals surface area contributed by atoms with Crippen molar-refractivity contribution < 1.29 is 60.5 Å². The normalized spacial score (nSPS) is 13.9. The van der Waals surface area contributed by atoms with Crippen LogP contribution >= 0.6 is 55.1 Å². The second-order valence-electron chi connectivity index (χ2n) is 11.1. The van der Waals surface area contributed by atoms with Crippen LogP contribution in [0.2, 0.25) is 10.0 Å². The van der Waals surface area contributed by atoms with E-state index in [-0.39, 0.29) is 63.8 Å². The van der Waals surface area contributed by atoms with Crippen LogP contribution in [0.25, 0.3) is 0 Å². The summed E-state index contributed by atoms with van der Waals surface area (Å²) in [5.41, 5.74) is 21.3. The van der Waals surface area contributed by atoms with Crippen molar-refractivity contribution in [2.24, 2.45) is 38.3 Å². The first-order valence-corrected chi connectivity index (χ1v) is 17.4. The molecule has 2 aromatic carbocycles. The monoisotopic (exact) mass is 958 g/mol. The maximum absolute atomic E-state index is 14.3.